The molecule has 0 fully saturated rings. The Morgan fingerprint density at radius 2 is 1.25 bits per heavy atom. The third-order valence-electron chi connectivity index (χ3n) is 6.72. The summed E-state index contributed by atoms with van der Waals surface area (Å²) in [5.41, 5.74) is 5.95. The lowest BCUT2D eigenvalue weighted by Gasteiger charge is -2.12. The van der Waals surface area contributed by atoms with E-state index in [2.05, 4.69) is 45.7 Å². The van der Waals surface area contributed by atoms with Crippen LogP contribution in [0.15, 0.2) is 138 Å². The molecule has 0 aliphatic carbocycles. The standard InChI is InChI=1S/C33H25N3O3S/c37-33(35-40(38,39)29-14-8-3-9-15-29)28-20-21-30-31(22-28)36(32(34-30)27-12-6-2-7-13-27)23-24-16-18-26(19-17-24)25-10-4-1-5-11-25/h1-22H,23H2,(H,35,37). The van der Waals surface area contributed by atoms with Gasteiger partial charge >= 0.3 is 0 Å². The van der Waals surface area contributed by atoms with Crippen molar-refractivity contribution >= 4 is 27.0 Å². The molecular weight excluding hydrogens is 518 g/mol. The van der Waals surface area contributed by atoms with Gasteiger partial charge in [-0.3, -0.25) is 4.79 Å². The van der Waals surface area contributed by atoms with Crippen LogP contribution >= 0.6 is 0 Å². The molecule has 6 aromatic rings. The van der Waals surface area contributed by atoms with Crippen LogP contribution in [0.5, 0.6) is 0 Å². The van der Waals surface area contributed by atoms with Crippen molar-refractivity contribution < 1.29 is 13.2 Å². The summed E-state index contributed by atoms with van der Waals surface area (Å²) in [6, 6.07) is 41.3. The molecule has 1 N–H and O–H groups in total. The van der Waals surface area contributed by atoms with Crippen molar-refractivity contribution in [3.63, 3.8) is 0 Å². The number of amides is 1. The van der Waals surface area contributed by atoms with Gasteiger partial charge in [-0.1, -0.05) is 103 Å². The van der Waals surface area contributed by atoms with E-state index in [1.807, 2.05) is 48.5 Å². The smallest absolute Gasteiger partial charge is 0.265 e. The molecule has 0 aliphatic rings. The van der Waals surface area contributed by atoms with Gasteiger partial charge < -0.3 is 4.57 Å². The summed E-state index contributed by atoms with van der Waals surface area (Å²) in [6.45, 7) is 0.517. The van der Waals surface area contributed by atoms with Gasteiger partial charge in [-0.2, -0.15) is 0 Å². The second-order valence-corrected chi connectivity index (χ2v) is 11.1. The molecule has 6 nitrogen and oxygen atoms in total. The van der Waals surface area contributed by atoms with Gasteiger partial charge in [0.15, 0.2) is 0 Å². The van der Waals surface area contributed by atoms with Crippen molar-refractivity contribution in [1.82, 2.24) is 14.3 Å². The second kappa shape index (κ2) is 10.6. The summed E-state index contributed by atoms with van der Waals surface area (Å²) in [5, 5.41) is 0. The van der Waals surface area contributed by atoms with Crippen LogP contribution < -0.4 is 4.72 Å². The number of hydrogen-bond acceptors (Lipinski definition) is 4. The minimum Gasteiger partial charge on any atom is -0.319 e. The topological polar surface area (TPSA) is 81.1 Å². The summed E-state index contributed by atoms with van der Waals surface area (Å²) in [5.74, 6) is 0.0594. The summed E-state index contributed by atoms with van der Waals surface area (Å²) in [6.07, 6.45) is 0. The summed E-state index contributed by atoms with van der Waals surface area (Å²) >= 11 is 0. The first-order valence-corrected chi connectivity index (χ1v) is 14.3. The summed E-state index contributed by atoms with van der Waals surface area (Å²) in [4.78, 5) is 18.0. The highest BCUT2D eigenvalue weighted by Gasteiger charge is 2.20. The number of rotatable bonds is 7. The van der Waals surface area contributed by atoms with E-state index in [9.17, 15) is 13.2 Å². The van der Waals surface area contributed by atoms with Crippen LogP contribution in [-0.4, -0.2) is 23.9 Å². The summed E-state index contributed by atoms with van der Waals surface area (Å²) in [7, 11) is -4.01. The van der Waals surface area contributed by atoms with Gasteiger partial charge in [0.05, 0.1) is 15.9 Å². The first-order chi connectivity index (χ1) is 19.5. The van der Waals surface area contributed by atoms with Crippen molar-refractivity contribution in [3.05, 3.63) is 145 Å². The van der Waals surface area contributed by atoms with E-state index in [-0.39, 0.29) is 10.5 Å². The molecule has 1 amide bonds. The van der Waals surface area contributed by atoms with Crippen LogP contribution in [0.3, 0.4) is 0 Å². The highest BCUT2D eigenvalue weighted by molar-refractivity contribution is 7.90. The van der Waals surface area contributed by atoms with Gasteiger partial charge in [0, 0.05) is 17.7 Å². The maximum atomic E-state index is 13.1. The molecule has 0 bridgehead atoms. The second-order valence-electron chi connectivity index (χ2n) is 9.40. The lowest BCUT2D eigenvalue weighted by molar-refractivity contribution is 0.0981. The number of carbonyl (C=O) groups is 1. The number of hydrogen-bond donors (Lipinski definition) is 1. The summed E-state index contributed by atoms with van der Waals surface area (Å²) < 4.78 is 29.8. The Labute approximate surface area is 232 Å². The molecule has 0 radical (unpaired) electrons. The zero-order valence-corrected chi connectivity index (χ0v) is 22.3. The predicted octanol–water partition coefficient (Wildman–Crippen LogP) is 6.54. The monoisotopic (exact) mass is 543 g/mol. The molecule has 0 saturated carbocycles. The number of carbonyl (C=O) groups excluding carboxylic acids is 1. The normalized spacial score (nSPS) is 11.4. The third kappa shape index (κ3) is 5.15. The van der Waals surface area contributed by atoms with Gasteiger partial charge in [0.25, 0.3) is 15.9 Å². The first kappa shape index (κ1) is 25.3. The Kier molecular flexibility index (Phi) is 6.72. The molecule has 1 heterocycles. The van der Waals surface area contributed by atoms with Crippen molar-refractivity contribution in [1.29, 1.82) is 0 Å². The SMILES string of the molecule is O=C(NS(=O)(=O)c1ccccc1)c1ccc2nc(-c3ccccc3)n(Cc3ccc(-c4ccccc4)cc3)c2c1. The molecule has 0 atom stereocenters. The van der Waals surface area contributed by atoms with E-state index >= 15 is 0 Å². The van der Waals surface area contributed by atoms with Gasteiger partial charge in [0.2, 0.25) is 0 Å². The number of nitrogens with one attached hydrogen (secondary N) is 1. The van der Waals surface area contributed by atoms with Gasteiger partial charge in [-0.25, -0.2) is 18.1 Å². The van der Waals surface area contributed by atoms with Crippen LogP contribution in [0.25, 0.3) is 33.5 Å². The Morgan fingerprint density at radius 3 is 1.90 bits per heavy atom. The zero-order chi connectivity index (χ0) is 27.5. The Bertz CT molecular complexity index is 1900. The molecule has 0 aliphatic heterocycles. The van der Waals surface area contributed by atoms with Gasteiger partial charge in [0.1, 0.15) is 5.82 Å². The highest BCUT2D eigenvalue weighted by Crippen LogP contribution is 2.28. The molecule has 0 saturated heterocycles. The fraction of sp³-hybridized carbons (Fsp3) is 0.0303. The van der Waals surface area contributed by atoms with E-state index in [1.165, 1.54) is 12.1 Å². The minimum atomic E-state index is -4.01. The van der Waals surface area contributed by atoms with Gasteiger partial charge in [-0.15, -0.1) is 0 Å². The van der Waals surface area contributed by atoms with E-state index < -0.39 is 15.9 Å². The molecule has 0 unspecified atom stereocenters. The van der Waals surface area contributed by atoms with Crippen molar-refractivity contribution in [2.75, 3.05) is 0 Å². The number of imidazole rings is 1. The van der Waals surface area contributed by atoms with Crippen molar-refractivity contribution in [2.24, 2.45) is 0 Å². The zero-order valence-electron chi connectivity index (χ0n) is 21.4. The van der Waals surface area contributed by atoms with Crippen LogP contribution in [0.2, 0.25) is 0 Å². The average molecular weight is 544 g/mol. The number of aromatic nitrogens is 2. The van der Waals surface area contributed by atoms with E-state index in [0.29, 0.717) is 12.1 Å². The van der Waals surface area contributed by atoms with Crippen LogP contribution in [0.1, 0.15) is 15.9 Å². The number of fused-ring (bicyclic) bond motifs is 1. The maximum Gasteiger partial charge on any atom is 0.265 e. The van der Waals surface area contributed by atoms with Crippen LogP contribution in [0, 0.1) is 0 Å². The quantitative estimate of drug-likeness (QED) is 0.248. The van der Waals surface area contributed by atoms with E-state index in [0.717, 1.165) is 33.6 Å². The molecule has 0 spiro atoms. The largest absolute Gasteiger partial charge is 0.319 e. The predicted molar refractivity (Wildman–Crippen MR) is 157 cm³/mol. The minimum absolute atomic E-state index is 0.0276. The molecular formula is C33H25N3O3S. The fourth-order valence-electron chi connectivity index (χ4n) is 4.69. The molecule has 6 rings (SSSR count). The molecule has 196 valence electrons. The fourth-order valence-corrected chi connectivity index (χ4v) is 5.68. The number of benzene rings is 5. The number of nitrogens with zero attached hydrogens (tertiary/aromatic N) is 2. The lowest BCUT2D eigenvalue weighted by atomic mass is 10.0. The maximum absolute atomic E-state index is 13.1. The Morgan fingerprint density at radius 1 is 0.675 bits per heavy atom. The van der Waals surface area contributed by atoms with Crippen molar-refractivity contribution in [2.45, 2.75) is 11.4 Å². The molecule has 40 heavy (non-hydrogen) atoms. The Balaban J connectivity index is 1.37. The van der Waals surface area contributed by atoms with Crippen molar-refractivity contribution in [3.8, 4) is 22.5 Å². The molecule has 1 aromatic heterocycles. The van der Waals surface area contributed by atoms with Crippen LogP contribution in [-0.2, 0) is 16.6 Å². The molecule has 7 heteroatoms. The first-order valence-electron chi connectivity index (χ1n) is 12.8. The Hall–Kier alpha value is -5.01. The van der Waals surface area contributed by atoms with E-state index in [4.69, 9.17) is 4.98 Å². The van der Waals surface area contributed by atoms with Gasteiger partial charge in [-0.05, 0) is 47.0 Å². The highest BCUT2D eigenvalue weighted by atomic mass is 32.2. The third-order valence-corrected chi connectivity index (χ3v) is 8.07. The molecule has 5 aromatic carbocycles. The number of sulfonamides is 1. The van der Waals surface area contributed by atoms with E-state index in [1.54, 1.807) is 36.4 Å². The lowest BCUT2D eigenvalue weighted by Crippen LogP contribution is -2.30. The van der Waals surface area contributed by atoms with Crippen LogP contribution in [0.4, 0.5) is 0 Å². The average Bonchev–Trinajstić information content (AvgIpc) is 3.36.